The molecule has 7 nitrogen and oxygen atoms in total. The summed E-state index contributed by atoms with van der Waals surface area (Å²) >= 11 is 0. The molecular weight excluding hydrogens is 421 g/mol. The number of hydrogen-bond donors (Lipinski definition) is 1. The SMILES string of the molecule is CC.CC(=O)N1CCc2c(c(Nc3cc(C(F)F)c(-c4cnn(C)c4)cc3F)nn2C)C1. The minimum Gasteiger partial charge on any atom is -0.338 e. The Hall–Kier alpha value is -3.30. The second-order valence-corrected chi connectivity index (χ2v) is 7.34. The Morgan fingerprint density at radius 1 is 1.22 bits per heavy atom. The van der Waals surface area contributed by atoms with E-state index in [1.165, 1.54) is 17.8 Å². The van der Waals surface area contributed by atoms with E-state index in [0.717, 1.165) is 23.4 Å². The zero-order chi connectivity index (χ0) is 23.6. The summed E-state index contributed by atoms with van der Waals surface area (Å²) in [6.07, 6.45) is 0.788. The van der Waals surface area contributed by atoms with Crippen LogP contribution >= 0.6 is 0 Å². The smallest absolute Gasteiger partial charge is 0.264 e. The first kappa shape index (κ1) is 23.4. The van der Waals surface area contributed by atoms with E-state index in [-0.39, 0.29) is 22.7 Å². The summed E-state index contributed by atoms with van der Waals surface area (Å²) in [5.74, 6) is -0.397. The maximum atomic E-state index is 14.9. The van der Waals surface area contributed by atoms with Gasteiger partial charge in [0.1, 0.15) is 5.82 Å². The third-order valence-electron chi connectivity index (χ3n) is 5.33. The number of nitrogens with zero attached hydrogens (tertiary/aromatic N) is 5. The monoisotopic (exact) mass is 448 g/mol. The molecule has 172 valence electrons. The first-order chi connectivity index (χ1) is 15.2. The molecule has 0 radical (unpaired) electrons. The first-order valence-corrected chi connectivity index (χ1v) is 10.4. The van der Waals surface area contributed by atoms with Gasteiger partial charge in [0.05, 0.1) is 18.4 Å². The molecule has 2 aromatic heterocycles. The number of fused-ring (bicyclic) bond motifs is 1. The van der Waals surface area contributed by atoms with Gasteiger partial charge < -0.3 is 10.2 Å². The number of nitrogens with one attached hydrogen (secondary N) is 1. The van der Waals surface area contributed by atoms with Crippen LogP contribution in [0.25, 0.3) is 11.1 Å². The average Bonchev–Trinajstić information content (AvgIpc) is 3.33. The number of aryl methyl sites for hydroxylation is 2. The molecular formula is C22H27F3N6O. The van der Waals surface area contributed by atoms with Gasteiger partial charge in [-0.05, 0) is 17.7 Å². The van der Waals surface area contributed by atoms with Gasteiger partial charge in [0.2, 0.25) is 5.91 Å². The third-order valence-corrected chi connectivity index (χ3v) is 5.33. The van der Waals surface area contributed by atoms with Crippen LogP contribution in [0.4, 0.5) is 24.7 Å². The molecule has 0 saturated heterocycles. The van der Waals surface area contributed by atoms with Gasteiger partial charge in [-0.2, -0.15) is 10.2 Å². The Balaban J connectivity index is 0.00000141. The maximum Gasteiger partial charge on any atom is 0.264 e. The normalized spacial score (nSPS) is 13.0. The van der Waals surface area contributed by atoms with Crippen molar-refractivity contribution in [2.45, 2.75) is 40.2 Å². The van der Waals surface area contributed by atoms with Crippen LogP contribution in [0, 0.1) is 5.82 Å². The summed E-state index contributed by atoms with van der Waals surface area (Å²) in [4.78, 5) is 13.4. The summed E-state index contributed by atoms with van der Waals surface area (Å²) in [7, 11) is 3.42. The number of carbonyl (C=O) groups excluding carboxylic acids is 1. The van der Waals surface area contributed by atoms with Gasteiger partial charge in [-0.1, -0.05) is 13.8 Å². The van der Waals surface area contributed by atoms with E-state index >= 15 is 0 Å². The van der Waals surface area contributed by atoms with Crippen LogP contribution in [0.5, 0.6) is 0 Å². The Morgan fingerprint density at radius 2 is 1.94 bits per heavy atom. The second-order valence-electron chi connectivity index (χ2n) is 7.34. The highest BCUT2D eigenvalue weighted by Gasteiger charge is 2.26. The molecule has 10 heteroatoms. The van der Waals surface area contributed by atoms with Crippen LogP contribution in [-0.2, 0) is 31.9 Å². The van der Waals surface area contributed by atoms with Gasteiger partial charge in [-0.3, -0.25) is 14.2 Å². The molecule has 0 bridgehead atoms. The Kier molecular flexibility index (Phi) is 6.90. The molecule has 1 aliphatic rings. The fourth-order valence-electron chi connectivity index (χ4n) is 3.77. The third kappa shape index (κ3) is 4.49. The van der Waals surface area contributed by atoms with Crippen molar-refractivity contribution in [2.24, 2.45) is 14.1 Å². The molecule has 0 unspecified atom stereocenters. The van der Waals surface area contributed by atoms with E-state index in [0.29, 0.717) is 30.9 Å². The Morgan fingerprint density at radius 3 is 2.53 bits per heavy atom. The topological polar surface area (TPSA) is 68.0 Å². The Bertz CT molecular complexity index is 1120. The van der Waals surface area contributed by atoms with E-state index < -0.39 is 12.2 Å². The average molecular weight is 448 g/mol. The summed E-state index contributed by atoms with van der Waals surface area (Å²) in [6, 6.07) is 2.19. The van der Waals surface area contributed by atoms with Crippen molar-refractivity contribution < 1.29 is 18.0 Å². The molecule has 1 aliphatic heterocycles. The highest BCUT2D eigenvalue weighted by atomic mass is 19.3. The number of carbonyl (C=O) groups is 1. The van der Waals surface area contributed by atoms with Crippen LogP contribution in [0.15, 0.2) is 24.5 Å². The molecule has 3 heterocycles. The van der Waals surface area contributed by atoms with E-state index in [9.17, 15) is 18.0 Å². The van der Waals surface area contributed by atoms with Crippen LogP contribution in [0.3, 0.4) is 0 Å². The van der Waals surface area contributed by atoms with Gasteiger partial charge in [0.15, 0.2) is 5.82 Å². The van der Waals surface area contributed by atoms with Crippen molar-refractivity contribution in [1.82, 2.24) is 24.5 Å². The molecule has 0 atom stereocenters. The summed E-state index contributed by atoms with van der Waals surface area (Å²) in [5.41, 5.74) is 1.78. The lowest BCUT2D eigenvalue weighted by molar-refractivity contribution is -0.129. The lowest BCUT2D eigenvalue weighted by Gasteiger charge is -2.26. The predicted octanol–water partition coefficient (Wildman–Crippen LogP) is 4.57. The summed E-state index contributed by atoms with van der Waals surface area (Å²) in [6.45, 7) is 6.39. The van der Waals surface area contributed by atoms with Crippen LogP contribution in [0.1, 0.15) is 44.0 Å². The molecule has 0 fully saturated rings. The van der Waals surface area contributed by atoms with Gasteiger partial charge in [-0.25, -0.2) is 13.2 Å². The number of amides is 1. The fraction of sp³-hybridized carbons (Fsp3) is 0.409. The number of aromatic nitrogens is 4. The number of alkyl halides is 2. The Labute approximate surface area is 184 Å². The lowest BCUT2D eigenvalue weighted by atomic mass is 10.0. The summed E-state index contributed by atoms with van der Waals surface area (Å²) in [5, 5.41) is 11.2. The van der Waals surface area contributed by atoms with E-state index in [1.807, 2.05) is 13.8 Å². The zero-order valence-corrected chi connectivity index (χ0v) is 18.8. The molecule has 1 amide bonds. The van der Waals surface area contributed by atoms with Crippen molar-refractivity contribution in [2.75, 3.05) is 11.9 Å². The molecule has 0 spiro atoms. The van der Waals surface area contributed by atoms with Gasteiger partial charge in [0.25, 0.3) is 6.43 Å². The summed E-state index contributed by atoms with van der Waals surface area (Å²) < 4.78 is 45.5. The highest BCUT2D eigenvalue weighted by Crippen LogP contribution is 2.36. The number of hydrogen-bond acceptors (Lipinski definition) is 4. The number of benzene rings is 1. The van der Waals surface area contributed by atoms with Gasteiger partial charge in [0, 0.05) is 62.6 Å². The van der Waals surface area contributed by atoms with Gasteiger partial charge in [-0.15, -0.1) is 0 Å². The number of anilines is 2. The standard InChI is InChI=1S/C20H21F3N6O.C2H6/c1-11(30)29-5-4-18-15(10-29)20(26-28(18)3)25-17-7-14(19(22)23)13(6-16(17)21)12-8-24-27(2)9-12;1-2/h6-9,19H,4-5,10H2,1-3H3,(H,25,26);1-2H3. The molecule has 1 aromatic carbocycles. The maximum absolute atomic E-state index is 14.9. The van der Waals surface area contributed by atoms with Crippen molar-refractivity contribution in [1.29, 1.82) is 0 Å². The van der Waals surface area contributed by atoms with Crippen LogP contribution in [-0.4, -0.2) is 36.9 Å². The molecule has 0 aliphatic carbocycles. The van der Waals surface area contributed by atoms with E-state index in [4.69, 9.17) is 0 Å². The highest BCUT2D eigenvalue weighted by molar-refractivity contribution is 5.75. The minimum atomic E-state index is -2.80. The molecule has 0 saturated carbocycles. The largest absolute Gasteiger partial charge is 0.338 e. The second kappa shape index (κ2) is 9.46. The van der Waals surface area contributed by atoms with Gasteiger partial charge >= 0.3 is 0 Å². The van der Waals surface area contributed by atoms with E-state index in [1.54, 1.807) is 29.9 Å². The van der Waals surface area contributed by atoms with Crippen molar-refractivity contribution in [3.63, 3.8) is 0 Å². The van der Waals surface area contributed by atoms with Crippen LogP contribution < -0.4 is 5.32 Å². The minimum absolute atomic E-state index is 0.0672. The first-order valence-electron chi connectivity index (χ1n) is 10.4. The number of rotatable bonds is 4. The molecule has 32 heavy (non-hydrogen) atoms. The molecule has 3 aromatic rings. The molecule has 4 rings (SSSR count). The zero-order valence-electron chi connectivity index (χ0n) is 18.8. The molecule has 1 N–H and O–H groups in total. The quantitative estimate of drug-likeness (QED) is 0.635. The van der Waals surface area contributed by atoms with Crippen molar-refractivity contribution >= 4 is 17.4 Å². The van der Waals surface area contributed by atoms with Crippen molar-refractivity contribution in [3.8, 4) is 11.1 Å². The van der Waals surface area contributed by atoms with E-state index in [2.05, 4.69) is 15.5 Å². The predicted molar refractivity (Wildman–Crippen MR) is 116 cm³/mol. The fourth-order valence-corrected chi connectivity index (χ4v) is 3.77. The lowest BCUT2D eigenvalue weighted by Crippen LogP contribution is -2.34. The van der Waals surface area contributed by atoms with Crippen molar-refractivity contribution in [3.05, 3.63) is 47.2 Å². The number of halogens is 3. The van der Waals surface area contributed by atoms with Crippen LogP contribution in [0.2, 0.25) is 0 Å².